The standard InChI is InChI=1S/C13H20N2/c1-2-3-10-14-13-9-8-11-6-4-5-7-12(11)15-13/h8-9H,2-7,10H2,1H3,(H,14,15). The van der Waals surface area contributed by atoms with Crippen LogP contribution in [0.3, 0.4) is 0 Å². The van der Waals surface area contributed by atoms with Gasteiger partial charge in [0.25, 0.3) is 0 Å². The predicted octanol–water partition coefficient (Wildman–Crippen LogP) is 3.17. The molecule has 1 heterocycles. The summed E-state index contributed by atoms with van der Waals surface area (Å²) in [4.78, 5) is 4.67. The van der Waals surface area contributed by atoms with E-state index in [1.165, 1.54) is 49.8 Å². The van der Waals surface area contributed by atoms with Crippen LogP contribution in [0.1, 0.15) is 43.9 Å². The maximum absolute atomic E-state index is 4.67. The van der Waals surface area contributed by atoms with Crippen LogP contribution in [0.2, 0.25) is 0 Å². The molecule has 0 spiro atoms. The second kappa shape index (κ2) is 5.15. The lowest BCUT2D eigenvalue weighted by Gasteiger charge is -2.15. The molecule has 0 saturated carbocycles. The van der Waals surface area contributed by atoms with Gasteiger partial charge in [0.05, 0.1) is 0 Å². The number of anilines is 1. The number of hydrogen-bond acceptors (Lipinski definition) is 2. The molecule has 0 amide bonds. The topological polar surface area (TPSA) is 24.9 Å². The fourth-order valence-corrected chi connectivity index (χ4v) is 2.07. The van der Waals surface area contributed by atoms with Crippen LogP contribution in [-0.4, -0.2) is 11.5 Å². The summed E-state index contributed by atoms with van der Waals surface area (Å²) < 4.78 is 0. The number of aryl methyl sites for hydroxylation is 2. The van der Waals surface area contributed by atoms with Crippen LogP contribution >= 0.6 is 0 Å². The first-order valence-corrected chi connectivity index (χ1v) is 6.13. The van der Waals surface area contributed by atoms with Crippen molar-refractivity contribution in [2.45, 2.75) is 45.4 Å². The van der Waals surface area contributed by atoms with Gasteiger partial charge in [0.1, 0.15) is 5.82 Å². The quantitative estimate of drug-likeness (QED) is 0.762. The summed E-state index contributed by atoms with van der Waals surface area (Å²) in [6.45, 7) is 3.25. The van der Waals surface area contributed by atoms with E-state index in [1.807, 2.05) is 0 Å². The Balaban J connectivity index is 2.00. The molecule has 1 aromatic heterocycles. The van der Waals surface area contributed by atoms with Crippen LogP contribution in [0.15, 0.2) is 12.1 Å². The minimum Gasteiger partial charge on any atom is -0.370 e. The number of rotatable bonds is 4. The van der Waals surface area contributed by atoms with Crippen molar-refractivity contribution in [3.8, 4) is 0 Å². The van der Waals surface area contributed by atoms with E-state index in [0.717, 1.165) is 12.4 Å². The second-order valence-corrected chi connectivity index (χ2v) is 4.29. The van der Waals surface area contributed by atoms with Gasteiger partial charge in [-0.05, 0) is 43.7 Å². The first-order valence-electron chi connectivity index (χ1n) is 6.13. The molecule has 0 aromatic carbocycles. The number of hydrogen-bond donors (Lipinski definition) is 1. The summed E-state index contributed by atoms with van der Waals surface area (Å²) in [5, 5.41) is 3.38. The van der Waals surface area contributed by atoms with Crippen molar-refractivity contribution in [2.75, 3.05) is 11.9 Å². The van der Waals surface area contributed by atoms with Crippen LogP contribution in [0.5, 0.6) is 0 Å². The molecule has 1 aromatic rings. The number of nitrogens with one attached hydrogen (secondary N) is 1. The molecule has 0 saturated heterocycles. The van der Waals surface area contributed by atoms with E-state index in [1.54, 1.807) is 0 Å². The molecule has 0 atom stereocenters. The third-order valence-corrected chi connectivity index (χ3v) is 3.01. The number of aromatic nitrogens is 1. The molecule has 0 bridgehead atoms. The molecule has 82 valence electrons. The SMILES string of the molecule is CCCCNc1ccc2c(n1)CCCC2. The summed E-state index contributed by atoms with van der Waals surface area (Å²) in [6, 6.07) is 4.37. The lowest BCUT2D eigenvalue weighted by molar-refractivity contribution is 0.668. The smallest absolute Gasteiger partial charge is 0.126 e. The molecular formula is C13H20N2. The fraction of sp³-hybridized carbons (Fsp3) is 0.615. The minimum absolute atomic E-state index is 1.04. The molecule has 2 heteroatoms. The highest BCUT2D eigenvalue weighted by Crippen LogP contribution is 2.20. The van der Waals surface area contributed by atoms with Crippen molar-refractivity contribution in [3.05, 3.63) is 23.4 Å². The van der Waals surface area contributed by atoms with Gasteiger partial charge in [0.2, 0.25) is 0 Å². The van der Waals surface area contributed by atoms with Crippen LogP contribution in [0.4, 0.5) is 5.82 Å². The van der Waals surface area contributed by atoms with E-state index in [-0.39, 0.29) is 0 Å². The van der Waals surface area contributed by atoms with Gasteiger partial charge in [-0.2, -0.15) is 0 Å². The molecule has 2 nitrogen and oxygen atoms in total. The molecule has 1 aliphatic rings. The average Bonchev–Trinajstić information content (AvgIpc) is 2.29. The Morgan fingerprint density at radius 1 is 1.27 bits per heavy atom. The van der Waals surface area contributed by atoms with E-state index in [0.29, 0.717) is 0 Å². The van der Waals surface area contributed by atoms with E-state index in [2.05, 4.69) is 29.4 Å². The summed E-state index contributed by atoms with van der Waals surface area (Å²) >= 11 is 0. The Hall–Kier alpha value is -1.05. The van der Waals surface area contributed by atoms with Gasteiger partial charge < -0.3 is 5.32 Å². The first kappa shape index (κ1) is 10.5. The van der Waals surface area contributed by atoms with Crippen molar-refractivity contribution < 1.29 is 0 Å². The lowest BCUT2D eigenvalue weighted by Crippen LogP contribution is -2.09. The molecule has 1 N–H and O–H groups in total. The van der Waals surface area contributed by atoms with Gasteiger partial charge in [-0.3, -0.25) is 0 Å². The number of nitrogens with zero attached hydrogens (tertiary/aromatic N) is 1. The Morgan fingerprint density at radius 2 is 2.13 bits per heavy atom. The van der Waals surface area contributed by atoms with E-state index >= 15 is 0 Å². The minimum atomic E-state index is 1.04. The summed E-state index contributed by atoms with van der Waals surface area (Å²) in [7, 11) is 0. The van der Waals surface area contributed by atoms with Gasteiger partial charge in [-0.15, -0.1) is 0 Å². The summed E-state index contributed by atoms with van der Waals surface area (Å²) in [5.41, 5.74) is 2.78. The van der Waals surface area contributed by atoms with E-state index in [4.69, 9.17) is 0 Å². The number of fused-ring (bicyclic) bond motifs is 1. The van der Waals surface area contributed by atoms with Gasteiger partial charge in [0, 0.05) is 12.2 Å². The van der Waals surface area contributed by atoms with Crippen molar-refractivity contribution in [2.24, 2.45) is 0 Å². The largest absolute Gasteiger partial charge is 0.370 e. The first-order chi connectivity index (χ1) is 7.40. The zero-order valence-electron chi connectivity index (χ0n) is 9.55. The highest BCUT2D eigenvalue weighted by atomic mass is 15.0. The zero-order chi connectivity index (χ0) is 10.5. The number of unbranched alkanes of at least 4 members (excludes halogenated alkanes) is 1. The number of pyridine rings is 1. The molecule has 1 aliphatic carbocycles. The van der Waals surface area contributed by atoms with E-state index in [9.17, 15) is 0 Å². The third kappa shape index (κ3) is 2.71. The van der Waals surface area contributed by atoms with Crippen molar-refractivity contribution in [1.29, 1.82) is 0 Å². The van der Waals surface area contributed by atoms with Crippen molar-refractivity contribution in [3.63, 3.8) is 0 Å². The lowest BCUT2D eigenvalue weighted by atomic mass is 9.96. The monoisotopic (exact) mass is 204 g/mol. The van der Waals surface area contributed by atoms with E-state index < -0.39 is 0 Å². The van der Waals surface area contributed by atoms with Gasteiger partial charge >= 0.3 is 0 Å². The third-order valence-electron chi connectivity index (χ3n) is 3.01. The maximum atomic E-state index is 4.67. The summed E-state index contributed by atoms with van der Waals surface area (Å²) in [6.07, 6.45) is 7.47. The molecular weight excluding hydrogens is 184 g/mol. The van der Waals surface area contributed by atoms with Crippen molar-refractivity contribution in [1.82, 2.24) is 4.98 Å². The average molecular weight is 204 g/mol. The Bertz CT molecular complexity index is 320. The summed E-state index contributed by atoms with van der Waals surface area (Å²) in [5.74, 6) is 1.06. The van der Waals surface area contributed by atoms with Gasteiger partial charge in [-0.25, -0.2) is 4.98 Å². The Kier molecular flexibility index (Phi) is 3.59. The molecule has 0 unspecified atom stereocenters. The highest BCUT2D eigenvalue weighted by molar-refractivity contribution is 5.39. The van der Waals surface area contributed by atoms with Crippen LogP contribution in [-0.2, 0) is 12.8 Å². The maximum Gasteiger partial charge on any atom is 0.126 e. The van der Waals surface area contributed by atoms with Crippen LogP contribution in [0.25, 0.3) is 0 Å². The van der Waals surface area contributed by atoms with Gasteiger partial charge in [0.15, 0.2) is 0 Å². The molecule has 2 rings (SSSR count). The predicted molar refractivity (Wildman–Crippen MR) is 64.3 cm³/mol. The van der Waals surface area contributed by atoms with Crippen molar-refractivity contribution >= 4 is 5.82 Å². The van der Waals surface area contributed by atoms with Crippen LogP contribution < -0.4 is 5.32 Å². The van der Waals surface area contributed by atoms with Crippen LogP contribution in [0, 0.1) is 0 Å². The normalized spacial score (nSPS) is 14.7. The zero-order valence-corrected chi connectivity index (χ0v) is 9.55. The highest BCUT2D eigenvalue weighted by Gasteiger charge is 2.10. The van der Waals surface area contributed by atoms with Gasteiger partial charge in [-0.1, -0.05) is 19.4 Å². The molecule has 15 heavy (non-hydrogen) atoms. The molecule has 0 fully saturated rings. The Morgan fingerprint density at radius 3 is 3.00 bits per heavy atom. The fourth-order valence-electron chi connectivity index (χ4n) is 2.07. The molecule has 0 aliphatic heterocycles. The molecule has 0 radical (unpaired) electrons. The Labute approximate surface area is 92.1 Å². The second-order valence-electron chi connectivity index (χ2n) is 4.29.